The fourth-order valence-electron chi connectivity index (χ4n) is 0.372. The molecule has 1 nitrogen and oxygen atoms in total. The molecular weight excluding hydrogens is 418 g/mol. The van der Waals surface area contributed by atoms with Crippen molar-refractivity contribution in [2.75, 3.05) is 11.5 Å². The Balaban J connectivity index is -0.00000000643. The van der Waals surface area contributed by atoms with Crippen LogP contribution in [0.15, 0.2) is 0 Å². The van der Waals surface area contributed by atoms with Crippen molar-refractivity contribution in [2.24, 2.45) is 0 Å². The molecule has 0 aliphatic carbocycles. The van der Waals surface area contributed by atoms with Gasteiger partial charge in [0.25, 0.3) is 0 Å². The molecule has 0 rings (SSSR count). The fourth-order valence-corrected chi connectivity index (χ4v) is 1.12. The Morgan fingerprint density at radius 1 is 0.800 bits per heavy atom. The van der Waals surface area contributed by atoms with Crippen molar-refractivity contribution in [2.45, 2.75) is 64.8 Å². The van der Waals surface area contributed by atoms with Crippen LogP contribution in [0.2, 0.25) is 0 Å². The van der Waals surface area contributed by atoms with E-state index < -0.39 is 10.8 Å². The van der Waals surface area contributed by atoms with Gasteiger partial charge in [-0.15, -0.1) is 0 Å². The van der Waals surface area contributed by atoms with E-state index in [4.69, 9.17) is 0 Å². The summed E-state index contributed by atoms with van der Waals surface area (Å²) in [6.07, 6.45) is 1.04. The second kappa shape index (κ2) is 57.1. The minimum absolute atomic E-state index is 0. The van der Waals surface area contributed by atoms with Crippen molar-refractivity contribution >= 4 is 58.6 Å². The molecule has 4 heteroatoms. The van der Waals surface area contributed by atoms with Crippen molar-refractivity contribution in [3.8, 4) is 0 Å². The third kappa shape index (κ3) is 65.4. The molecule has 0 saturated heterocycles. The van der Waals surface area contributed by atoms with Crippen LogP contribution in [-0.4, -0.2) is 63.5 Å². The Morgan fingerprint density at radius 3 is 1.13 bits per heavy atom. The monoisotopic (exact) mass is 456 g/mol. The minimum atomic E-state index is -0.527. The Labute approximate surface area is 138 Å². The summed E-state index contributed by atoms with van der Waals surface area (Å²) in [7, 11) is -0.527. The number of hydrogen-bond donors (Lipinski definition) is 0. The first-order valence-electron chi connectivity index (χ1n) is 2.66. The largest absolute Gasteiger partial charge is 0.260 e. The van der Waals surface area contributed by atoms with Gasteiger partial charge in [0.15, 0.2) is 0 Å². The van der Waals surface area contributed by atoms with E-state index in [1.807, 2.05) is 13.8 Å². The van der Waals surface area contributed by atoms with Crippen molar-refractivity contribution in [3.63, 3.8) is 0 Å². The summed E-state index contributed by atoms with van der Waals surface area (Å²) in [5.74, 6) is 1.68. The van der Waals surface area contributed by atoms with Gasteiger partial charge in [-0.05, 0) is 6.42 Å². The number of rotatable bonds is 3. The molecule has 0 spiro atoms. The van der Waals surface area contributed by atoms with E-state index in [0.717, 1.165) is 17.9 Å². The summed E-state index contributed by atoms with van der Waals surface area (Å²) in [6.45, 7) is 4.00. The summed E-state index contributed by atoms with van der Waals surface area (Å²) >= 11 is 0. The normalized spacial score (nSPS) is 6.53. The van der Waals surface area contributed by atoms with Crippen LogP contribution < -0.4 is 0 Å². The zero-order valence-corrected chi connectivity index (χ0v) is 12.5. The van der Waals surface area contributed by atoms with Crippen LogP contribution >= 0.6 is 0 Å². The van der Waals surface area contributed by atoms with E-state index in [1.165, 1.54) is 0 Å². The van der Waals surface area contributed by atoms with Crippen molar-refractivity contribution in [1.82, 2.24) is 0 Å². The predicted molar refractivity (Wildman–Crippen MR) is 85.7 cm³/mol. The summed E-state index contributed by atoms with van der Waals surface area (Å²) in [5.41, 5.74) is 0. The van der Waals surface area contributed by atoms with E-state index >= 15 is 0 Å². The molecule has 0 aliphatic rings. The average molecular weight is 454 g/mol. The van der Waals surface area contributed by atoms with Crippen LogP contribution in [0, 0.1) is 0 Å². The standard InChI is InChI=1S/C5H12OS.6CH4.2Sn/c1-3-5-7(6)4-2;;;;;;;;/h3-5H2,1-2H3;6*1H4;;. The van der Waals surface area contributed by atoms with Gasteiger partial charge >= 0.3 is 0 Å². The van der Waals surface area contributed by atoms with Crippen molar-refractivity contribution in [1.29, 1.82) is 0 Å². The molecule has 0 aliphatic heterocycles. The number of hydrogen-bond acceptors (Lipinski definition) is 1. The maximum atomic E-state index is 10.5. The van der Waals surface area contributed by atoms with Crippen LogP contribution in [-0.2, 0) is 10.8 Å². The molecule has 0 aromatic heterocycles. The van der Waals surface area contributed by atoms with Crippen LogP contribution in [0.4, 0.5) is 0 Å². The summed E-state index contributed by atoms with van der Waals surface area (Å²) in [6, 6.07) is 0. The summed E-state index contributed by atoms with van der Waals surface area (Å²) in [5, 5.41) is 0. The van der Waals surface area contributed by atoms with Crippen LogP contribution in [0.25, 0.3) is 0 Å². The third-order valence-electron chi connectivity index (χ3n) is 0.754. The van der Waals surface area contributed by atoms with Gasteiger partial charge in [-0.2, -0.15) is 0 Å². The molecule has 0 aromatic carbocycles. The van der Waals surface area contributed by atoms with Gasteiger partial charge < -0.3 is 0 Å². The molecule has 100 valence electrons. The second-order valence-electron chi connectivity index (χ2n) is 1.43. The predicted octanol–water partition coefficient (Wildman–Crippen LogP) is 4.22. The minimum Gasteiger partial charge on any atom is -0.260 e. The van der Waals surface area contributed by atoms with E-state index in [-0.39, 0.29) is 92.4 Å². The zero-order valence-electron chi connectivity index (χ0n) is 5.94. The first-order valence-corrected chi connectivity index (χ1v) is 4.15. The second-order valence-corrected chi connectivity index (χ2v) is 3.30. The van der Waals surface area contributed by atoms with Crippen LogP contribution in [0.5, 0.6) is 0 Å². The van der Waals surface area contributed by atoms with Crippen molar-refractivity contribution in [3.05, 3.63) is 0 Å². The SMILES string of the molecule is C.C.C.C.C.C.CCCS(=O)CC.[Sn].[Sn]. The van der Waals surface area contributed by atoms with E-state index in [9.17, 15) is 4.21 Å². The van der Waals surface area contributed by atoms with E-state index in [2.05, 4.69) is 0 Å². The van der Waals surface area contributed by atoms with Gasteiger partial charge in [0.2, 0.25) is 0 Å². The molecule has 8 radical (unpaired) electrons. The van der Waals surface area contributed by atoms with E-state index in [1.54, 1.807) is 0 Å². The van der Waals surface area contributed by atoms with Gasteiger partial charge in [0, 0.05) is 70.1 Å². The molecule has 0 bridgehead atoms. The Bertz CT molecular complexity index is 71.6. The molecule has 15 heavy (non-hydrogen) atoms. The molecule has 1 atom stereocenters. The van der Waals surface area contributed by atoms with E-state index in [0.29, 0.717) is 0 Å². The fraction of sp³-hybridized carbons (Fsp3) is 1.00. The molecular formula is C11H36OSSn2. The third-order valence-corrected chi connectivity index (χ3v) is 2.26. The summed E-state index contributed by atoms with van der Waals surface area (Å²) < 4.78 is 10.5. The van der Waals surface area contributed by atoms with Crippen LogP contribution in [0.3, 0.4) is 0 Å². The first-order chi connectivity index (χ1) is 3.31. The maximum absolute atomic E-state index is 10.5. The Hall–Kier alpha value is 1.75. The molecule has 0 heterocycles. The molecule has 0 N–H and O–H groups in total. The topological polar surface area (TPSA) is 17.1 Å². The molecule has 0 fully saturated rings. The quantitative estimate of drug-likeness (QED) is 0.585. The van der Waals surface area contributed by atoms with Crippen LogP contribution in [0.1, 0.15) is 64.8 Å². The van der Waals surface area contributed by atoms with Gasteiger partial charge in [0.05, 0.1) is 0 Å². The van der Waals surface area contributed by atoms with Gasteiger partial charge in [0.1, 0.15) is 0 Å². The molecule has 0 amide bonds. The van der Waals surface area contributed by atoms with Crippen molar-refractivity contribution < 1.29 is 4.21 Å². The average Bonchev–Trinajstić information content (AvgIpc) is 1.68. The Morgan fingerprint density at radius 2 is 1.07 bits per heavy atom. The zero-order chi connectivity index (χ0) is 5.70. The molecule has 1 unspecified atom stereocenters. The van der Waals surface area contributed by atoms with Gasteiger partial charge in [-0.25, -0.2) is 0 Å². The summed E-state index contributed by atoms with van der Waals surface area (Å²) in [4.78, 5) is 0. The van der Waals surface area contributed by atoms with Gasteiger partial charge in [-0.3, -0.25) is 4.21 Å². The first kappa shape index (κ1) is 69.2. The molecule has 0 aromatic rings. The molecule has 0 saturated carbocycles. The van der Waals surface area contributed by atoms with Gasteiger partial charge in [-0.1, -0.05) is 58.4 Å². The maximum Gasteiger partial charge on any atom is 0.0232 e. The smallest absolute Gasteiger partial charge is 0.0232 e. The Kier molecular flexibility index (Phi) is 263.